The van der Waals surface area contributed by atoms with Gasteiger partial charge in [0.05, 0.1) is 15.9 Å². The zero-order valence-corrected chi connectivity index (χ0v) is 16.3. The van der Waals surface area contributed by atoms with Crippen molar-refractivity contribution in [1.29, 1.82) is 0 Å². The van der Waals surface area contributed by atoms with Crippen molar-refractivity contribution in [3.05, 3.63) is 27.4 Å². The van der Waals surface area contributed by atoms with Crippen LogP contribution in [0.15, 0.2) is 17.1 Å². The maximum Gasteiger partial charge on any atom is 0.472 e. The average molecular weight is 428 g/mol. The number of phosphoric acid groups is 1. The van der Waals surface area contributed by atoms with E-state index in [1.807, 2.05) is 0 Å². The number of phosphoric ester groups is 1. The molecule has 0 saturated carbocycles. The minimum absolute atomic E-state index is 0.147. The van der Waals surface area contributed by atoms with E-state index in [2.05, 4.69) is 14.0 Å². The van der Waals surface area contributed by atoms with Gasteiger partial charge in [-0.25, -0.2) is 4.57 Å². The molecule has 0 aliphatic carbocycles. The summed E-state index contributed by atoms with van der Waals surface area (Å²) in [5, 5.41) is 21.1. The Hall–Kier alpha value is -0.950. The first kappa shape index (κ1) is 19.4. The molecule has 0 aromatic carbocycles. The highest BCUT2D eigenvalue weighted by atomic mass is 32.1. The first-order valence-corrected chi connectivity index (χ1v) is 9.76. The van der Waals surface area contributed by atoms with Crippen molar-refractivity contribution in [3.8, 4) is 0 Å². The number of aliphatic hydroxyl groups excluding tert-OH is 1. The van der Waals surface area contributed by atoms with Crippen molar-refractivity contribution >= 4 is 20.0 Å². The van der Waals surface area contributed by atoms with Crippen molar-refractivity contribution in [2.75, 3.05) is 26.9 Å². The monoisotopic (exact) mass is 428 g/mol. The average Bonchev–Trinajstić information content (AvgIpc) is 2.82. The van der Waals surface area contributed by atoms with Crippen LogP contribution >= 0.6 is 20.0 Å². The number of H-pyrrole nitrogens is 1. The zero-order chi connectivity index (χ0) is 22.0. The topological polar surface area (TPSA) is 152 Å². The second-order valence-electron chi connectivity index (χ2n) is 5.95. The summed E-state index contributed by atoms with van der Waals surface area (Å²) in [6.45, 7) is -1.86. The quantitative estimate of drug-likeness (QED) is 0.242. The maximum atomic E-state index is 12.0. The molecule has 13 heteroatoms. The van der Waals surface area contributed by atoms with E-state index >= 15 is 0 Å². The summed E-state index contributed by atoms with van der Waals surface area (Å²) in [4.78, 5) is 23.4. The molecular formula is C14H23N2O9PS. The second kappa shape index (κ2) is 9.03. The molecule has 0 bridgehead atoms. The third-order valence-electron chi connectivity index (χ3n) is 3.80. The fraction of sp³-hybridized carbons (Fsp3) is 0.714. The summed E-state index contributed by atoms with van der Waals surface area (Å²) >= 11 is 5.00. The first-order chi connectivity index (χ1) is 13.3. The van der Waals surface area contributed by atoms with Crippen LogP contribution in [0.25, 0.3) is 0 Å². The largest absolute Gasteiger partial charge is 0.472 e. The fourth-order valence-electron chi connectivity index (χ4n) is 2.38. The summed E-state index contributed by atoms with van der Waals surface area (Å²) in [5.74, 6) is 0. The number of methoxy groups -OCH3 is 1. The summed E-state index contributed by atoms with van der Waals surface area (Å²) in [7, 11) is -3.43. The van der Waals surface area contributed by atoms with Crippen LogP contribution in [-0.4, -0.2) is 69.3 Å². The summed E-state index contributed by atoms with van der Waals surface area (Å²) < 4.78 is 48.3. The number of ether oxygens (including phenoxy) is 2. The third kappa shape index (κ3) is 5.53. The molecule has 2 heterocycles. The third-order valence-corrected chi connectivity index (χ3v) is 4.95. The van der Waals surface area contributed by atoms with Gasteiger partial charge in [0.25, 0.3) is 5.56 Å². The number of aromatic nitrogens is 2. The van der Waals surface area contributed by atoms with Crippen molar-refractivity contribution in [3.63, 3.8) is 0 Å². The highest BCUT2D eigenvalue weighted by Gasteiger charge is 2.53. The van der Waals surface area contributed by atoms with Crippen LogP contribution in [0.4, 0.5) is 0 Å². The Morgan fingerprint density at radius 1 is 1.52 bits per heavy atom. The van der Waals surface area contributed by atoms with Gasteiger partial charge in [-0.1, -0.05) is 0 Å². The van der Waals surface area contributed by atoms with Gasteiger partial charge >= 0.3 is 7.82 Å². The molecule has 1 fully saturated rings. The van der Waals surface area contributed by atoms with Crippen molar-refractivity contribution < 1.29 is 40.9 Å². The lowest BCUT2D eigenvalue weighted by Gasteiger charge is -2.27. The van der Waals surface area contributed by atoms with Gasteiger partial charge in [-0.05, 0) is 25.6 Å². The van der Waals surface area contributed by atoms with Crippen LogP contribution in [0.2, 0.25) is 0 Å². The Morgan fingerprint density at radius 2 is 2.22 bits per heavy atom. The summed E-state index contributed by atoms with van der Waals surface area (Å²) in [6, 6.07) is 1.09. The molecular weight excluding hydrogens is 403 g/mol. The lowest BCUT2D eigenvalue weighted by atomic mass is 9.96. The molecule has 27 heavy (non-hydrogen) atoms. The number of nitrogens with one attached hydrogen (secondary N) is 1. The van der Waals surface area contributed by atoms with Crippen LogP contribution in [0, 0.1) is 4.77 Å². The predicted octanol–water partition coefficient (Wildman–Crippen LogP) is 0.0853. The molecule has 1 aromatic heterocycles. The molecule has 4 N–H and O–H groups in total. The molecule has 11 nitrogen and oxygen atoms in total. The number of rotatable bonds is 9. The Labute approximate surface area is 162 Å². The van der Waals surface area contributed by atoms with Crippen molar-refractivity contribution in [2.45, 2.75) is 37.4 Å². The second-order valence-corrected chi connectivity index (χ2v) is 7.72. The predicted molar refractivity (Wildman–Crippen MR) is 94.6 cm³/mol. The SMILES string of the molecule is [2H]C([2H])(OP(=O)(O)OCCCOC)[C@H]1O[C@@H](n2ccc(=O)[nH]c2=S)C(C)(O)[C@H]1O. The number of aromatic amines is 1. The van der Waals surface area contributed by atoms with Crippen LogP contribution in [0.5, 0.6) is 0 Å². The van der Waals surface area contributed by atoms with Crippen molar-refractivity contribution in [1.82, 2.24) is 9.55 Å². The lowest BCUT2D eigenvalue weighted by Crippen LogP contribution is -2.44. The number of aliphatic hydroxyl groups is 2. The summed E-state index contributed by atoms with van der Waals surface area (Å²) in [6.07, 6.45) is -3.74. The number of nitrogens with zero attached hydrogens (tertiary/aromatic N) is 1. The van der Waals surface area contributed by atoms with Gasteiger partial charge in [0.2, 0.25) is 0 Å². The van der Waals surface area contributed by atoms with Crippen LogP contribution in [0.3, 0.4) is 0 Å². The van der Waals surface area contributed by atoms with Crippen LogP contribution in [0.1, 0.15) is 22.3 Å². The minimum atomic E-state index is -4.86. The van der Waals surface area contributed by atoms with E-state index in [9.17, 15) is 24.5 Å². The number of hydrogen-bond acceptors (Lipinski definition) is 9. The van der Waals surface area contributed by atoms with Gasteiger partial charge in [-0.15, -0.1) is 0 Å². The fourth-order valence-corrected chi connectivity index (χ4v) is 3.29. The molecule has 5 atom stereocenters. The van der Waals surface area contributed by atoms with E-state index in [0.717, 1.165) is 17.6 Å². The van der Waals surface area contributed by atoms with E-state index in [-0.39, 0.29) is 24.4 Å². The molecule has 0 amide bonds. The molecule has 0 spiro atoms. The molecule has 0 radical (unpaired) electrons. The van der Waals surface area contributed by atoms with Crippen LogP contribution < -0.4 is 5.56 Å². The lowest BCUT2D eigenvalue weighted by molar-refractivity contribution is -0.0978. The molecule has 2 unspecified atom stereocenters. The maximum absolute atomic E-state index is 12.0. The smallest absolute Gasteiger partial charge is 0.387 e. The van der Waals surface area contributed by atoms with Crippen molar-refractivity contribution in [2.24, 2.45) is 0 Å². The Morgan fingerprint density at radius 3 is 2.85 bits per heavy atom. The summed E-state index contributed by atoms with van der Waals surface area (Å²) in [5.41, 5.74) is -2.59. The first-order valence-electron chi connectivity index (χ1n) is 8.86. The van der Waals surface area contributed by atoms with Gasteiger partial charge in [-0.3, -0.25) is 23.4 Å². The molecule has 1 aromatic rings. The normalized spacial score (nSPS) is 32.0. The van der Waals surface area contributed by atoms with Gasteiger partial charge in [-0.2, -0.15) is 0 Å². The van der Waals surface area contributed by atoms with Gasteiger partial charge in [0, 0.05) is 26.0 Å². The van der Waals surface area contributed by atoms with Crippen LogP contribution in [-0.2, 0) is 23.1 Å². The molecule has 1 aliphatic heterocycles. The van der Waals surface area contributed by atoms with Gasteiger partial charge in [0.15, 0.2) is 11.0 Å². The molecule has 2 rings (SSSR count). The van der Waals surface area contributed by atoms with Gasteiger partial charge in [0.1, 0.15) is 17.8 Å². The molecule has 1 aliphatic rings. The highest BCUT2D eigenvalue weighted by molar-refractivity contribution is 7.71. The highest BCUT2D eigenvalue weighted by Crippen LogP contribution is 2.45. The van der Waals surface area contributed by atoms with E-state index < -0.39 is 44.0 Å². The van der Waals surface area contributed by atoms with E-state index in [4.69, 9.17) is 24.4 Å². The number of hydrogen-bond donors (Lipinski definition) is 4. The van der Waals surface area contributed by atoms with E-state index in [0.29, 0.717) is 0 Å². The Balaban J connectivity index is 2.22. The van der Waals surface area contributed by atoms with Gasteiger partial charge < -0.3 is 24.6 Å². The zero-order valence-electron chi connectivity index (χ0n) is 16.6. The minimum Gasteiger partial charge on any atom is -0.387 e. The molecule has 154 valence electrons. The Bertz CT molecular complexity index is 877. The van der Waals surface area contributed by atoms with E-state index in [1.165, 1.54) is 13.3 Å². The Kier molecular flexibility index (Phi) is 6.48. The van der Waals surface area contributed by atoms with E-state index in [1.54, 1.807) is 0 Å². The standard InChI is InChI=1S/C14H23N2O9PS/c1-14(19)11(18)9(8-24-26(20,21)23-7-3-6-22-2)25-12(14)16-5-4-10(17)15-13(16)27/h4-5,9,11-12,18-19H,3,6-8H2,1-2H3,(H,20,21)(H,15,17,27)/t9-,11+,12-,14?/m1/s1/i8D2. The molecule has 1 saturated heterocycles.